The second-order valence-electron chi connectivity index (χ2n) is 15.1. The summed E-state index contributed by atoms with van der Waals surface area (Å²) in [5.74, 6) is -2.42. The molecular weight excluding hydrogens is 681 g/mol. The predicted molar refractivity (Wildman–Crippen MR) is 222 cm³/mol. The van der Waals surface area contributed by atoms with E-state index in [0.29, 0.717) is 12.8 Å². The number of aliphatic hydroxyl groups excluding tert-OH is 1. The predicted octanol–water partition coefficient (Wildman–Crippen LogP) is 10.8. The maximum absolute atomic E-state index is 12.7. The van der Waals surface area contributed by atoms with E-state index in [1.54, 1.807) is 0 Å². The number of carbonyl (C=O) groups is 4. The molecule has 0 aromatic rings. The number of carboxylic acid groups (broad SMARTS) is 1. The van der Waals surface area contributed by atoms with Crippen molar-refractivity contribution < 1.29 is 34.1 Å². The van der Waals surface area contributed by atoms with Crippen LogP contribution in [0.15, 0.2) is 24.3 Å². The summed E-state index contributed by atoms with van der Waals surface area (Å²) in [6, 6.07) is -1.39. The van der Waals surface area contributed by atoms with Crippen LogP contribution >= 0.6 is 0 Å². The van der Waals surface area contributed by atoms with Crippen molar-refractivity contribution in [2.75, 3.05) is 13.2 Å². The molecule has 2 amide bonds. The fraction of sp³-hybridized carbons (Fsp3) is 0.822. The molecule has 0 fully saturated rings. The van der Waals surface area contributed by atoms with Crippen molar-refractivity contribution in [3.63, 3.8) is 0 Å². The Morgan fingerprint density at radius 1 is 0.574 bits per heavy atom. The van der Waals surface area contributed by atoms with Gasteiger partial charge in [0, 0.05) is 12.8 Å². The average Bonchev–Trinajstić information content (AvgIpc) is 3.15. The fourth-order valence-corrected chi connectivity index (χ4v) is 6.50. The molecule has 0 spiro atoms. The highest BCUT2D eigenvalue weighted by Crippen LogP contribution is 2.17. The molecule has 0 aliphatic heterocycles. The van der Waals surface area contributed by atoms with E-state index in [1.807, 2.05) is 6.08 Å². The van der Waals surface area contributed by atoms with Gasteiger partial charge in [-0.25, -0.2) is 4.79 Å². The van der Waals surface area contributed by atoms with E-state index in [9.17, 15) is 19.2 Å². The molecule has 0 rings (SSSR count). The third-order valence-corrected chi connectivity index (χ3v) is 9.92. The Labute approximate surface area is 330 Å². The quantitative estimate of drug-likeness (QED) is 0.0276. The number of hydrogen-bond donors (Lipinski definition) is 4. The zero-order valence-electron chi connectivity index (χ0n) is 34.7. The van der Waals surface area contributed by atoms with Gasteiger partial charge in [0.25, 0.3) is 0 Å². The number of nitrogens with one attached hydrogen (secondary N) is 2. The minimum atomic E-state index is -1.39. The molecule has 9 nitrogen and oxygen atoms in total. The number of aliphatic hydroxyl groups is 1. The normalized spacial score (nSPS) is 12.6. The maximum Gasteiger partial charge on any atom is 0.328 e. The summed E-state index contributed by atoms with van der Waals surface area (Å²) in [7, 11) is 0. The molecule has 0 heterocycles. The Balaban J connectivity index is 4.02. The summed E-state index contributed by atoms with van der Waals surface area (Å²) in [6.45, 7) is 3.38. The molecule has 0 saturated heterocycles. The highest BCUT2D eigenvalue weighted by molar-refractivity contribution is 5.87. The third-order valence-electron chi connectivity index (χ3n) is 9.92. The van der Waals surface area contributed by atoms with Gasteiger partial charge < -0.3 is 25.6 Å². The lowest BCUT2D eigenvalue weighted by Gasteiger charge is -2.15. The van der Waals surface area contributed by atoms with E-state index in [1.165, 1.54) is 122 Å². The molecule has 2 unspecified atom stereocenters. The molecule has 4 N–H and O–H groups in total. The molecule has 0 aliphatic carbocycles. The van der Waals surface area contributed by atoms with Gasteiger partial charge in [0.05, 0.1) is 13.2 Å². The van der Waals surface area contributed by atoms with Gasteiger partial charge in [-0.15, -0.1) is 0 Å². The van der Waals surface area contributed by atoms with Gasteiger partial charge in [-0.05, 0) is 44.6 Å². The molecule has 0 radical (unpaired) electrons. The van der Waals surface area contributed by atoms with Crippen LogP contribution in [0.1, 0.15) is 213 Å². The van der Waals surface area contributed by atoms with Crippen molar-refractivity contribution >= 4 is 23.8 Å². The van der Waals surface area contributed by atoms with Crippen LogP contribution in [0.2, 0.25) is 0 Å². The molecule has 0 aliphatic rings. The molecule has 0 saturated carbocycles. The number of esters is 1. The highest BCUT2D eigenvalue weighted by atomic mass is 16.5. The SMILES string of the molecule is CCC/C=C\C/C=C\C(CCCCCCC(=O)NCC(=O)NC(CO)C(=O)O)OC(=O)CCCCCCCCCCCCCCCCCCCCCCC. The van der Waals surface area contributed by atoms with Gasteiger partial charge in [-0.3, -0.25) is 14.4 Å². The summed E-state index contributed by atoms with van der Waals surface area (Å²) in [4.78, 5) is 47.4. The van der Waals surface area contributed by atoms with Crippen molar-refractivity contribution in [1.82, 2.24) is 10.6 Å². The number of carbonyl (C=O) groups excluding carboxylic acids is 3. The molecule has 0 aromatic carbocycles. The monoisotopic (exact) mass is 763 g/mol. The number of allylic oxidation sites excluding steroid dienone is 3. The first-order valence-corrected chi connectivity index (χ1v) is 22.2. The topological polar surface area (TPSA) is 142 Å². The lowest BCUT2D eigenvalue weighted by Crippen LogP contribution is -2.47. The number of rotatable bonds is 40. The van der Waals surface area contributed by atoms with Gasteiger partial charge >= 0.3 is 11.9 Å². The molecule has 54 heavy (non-hydrogen) atoms. The standard InChI is InChI=1S/C45H82N2O7/c1-3-5-7-9-11-12-13-14-15-16-17-18-19-20-21-22-23-24-25-27-33-37-44(51)54-40(34-30-26-10-8-6-4-2)35-31-28-29-32-36-42(49)46-38-43(50)47-41(39-48)45(52)53/h8,10,30,34,40-41,48H,3-7,9,11-29,31-33,35-39H2,1-2H3,(H,46,49)(H,47,50)(H,52,53)/b10-8-,34-30-. The zero-order valence-corrected chi connectivity index (χ0v) is 34.7. The lowest BCUT2D eigenvalue weighted by molar-refractivity contribution is -0.147. The largest absolute Gasteiger partial charge is 0.480 e. The Hall–Kier alpha value is -2.68. The van der Waals surface area contributed by atoms with E-state index in [-0.39, 0.29) is 30.9 Å². The fourth-order valence-electron chi connectivity index (χ4n) is 6.50. The van der Waals surface area contributed by atoms with E-state index >= 15 is 0 Å². The van der Waals surface area contributed by atoms with E-state index < -0.39 is 24.5 Å². The van der Waals surface area contributed by atoms with Crippen LogP contribution in [0.5, 0.6) is 0 Å². The first kappa shape index (κ1) is 51.3. The minimum absolute atomic E-state index is 0.127. The minimum Gasteiger partial charge on any atom is -0.480 e. The second-order valence-corrected chi connectivity index (χ2v) is 15.1. The second kappa shape index (κ2) is 40.0. The van der Waals surface area contributed by atoms with Crippen LogP contribution in [-0.4, -0.2) is 59.3 Å². The van der Waals surface area contributed by atoms with Gasteiger partial charge in [-0.1, -0.05) is 180 Å². The van der Waals surface area contributed by atoms with Gasteiger partial charge in [0.15, 0.2) is 0 Å². The number of hydrogen-bond acceptors (Lipinski definition) is 6. The van der Waals surface area contributed by atoms with Gasteiger partial charge in [0.1, 0.15) is 12.1 Å². The van der Waals surface area contributed by atoms with E-state index in [4.69, 9.17) is 14.9 Å². The van der Waals surface area contributed by atoms with Crippen LogP contribution < -0.4 is 10.6 Å². The molecule has 0 bridgehead atoms. The van der Waals surface area contributed by atoms with Crippen molar-refractivity contribution in [2.24, 2.45) is 0 Å². The maximum atomic E-state index is 12.7. The molecular formula is C45H82N2O7. The van der Waals surface area contributed by atoms with E-state index in [2.05, 4.69) is 42.7 Å². The number of amides is 2. The Kier molecular flexibility index (Phi) is 38.0. The molecule has 9 heteroatoms. The summed E-state index contributed by atoms with van der Waals surface area (Å²) < 4.78 is 5.87. The number of carboxylic acids is 1. The van der Waals surface area contributed by atoms with E-state index in [0.717, 1.165) is 57.8 Å². The van der Waals surface area contributed by atoms with Crippen LogP contribution in [-0.2, 0) is 23.9 Å². The summed E-state index contributed by atoms with van der Waals surface area (Å²) in [5, 5.41) is 22.5. The lowest BCUT2D eigenvalue weighted by atomic mass is 10.0. The van der Waals surface area contributed by atoms with Crippen molar-refractivity contribution in [3.8, 4) is 0 Å². The summed E-state index contributed by atoms with van der Waals surface area (Å²) in [5.41, 5.74) is 0. The van der Waals surface area contributed by atoms with Crippen LogP contribution in [0.4, 0.5) is 0 Å². The zero-order chi connectivity index (χ0) is 39.7. The first-order valence-electron chi connectivity index (χ1n) is 22.2. The molecule has 2 atom stereocenters. The summed E-state index contributed by atoms with van der Waals surface area (Å²) >= 11 is 0. The molecule has 0 aromatic heterocycles. The smallest absolute Gasteiger partial charge is 0.328 e. The van der Waals surface area contributed by atoms with Crippen molar-refractivity contribution in [3.05, 3.63) is 24.3 Å². The number of aliphatic carboxylic acids is 1. The van der Waals surface area contributed by atoms with Crippen LogP contribution in [0, 0.1) is 0 Å². The van der Waals surface area contributed by atoms with Gasteiger partial charge in [0.2, 0.25) is 11.8 Å². The van der Waals surface area contributed by atoms with Gasteiger partial charge in [-0.2, -0.15) is 0 Å². The van der Waals surface area contributed by atoms with Crippen LogP contribution in [0.25, 0.3) is 0 Å². The highest BCUT2D eigenvalue weighted by Gasteiger charge is 2.18. The average molecular weight is 763 g/mol. The molecule has 314 valence electrons. The first-order chi connectivity index (χ1) is 26.3. The Morgan fingerprint density at radius 3 is 1.54 bits per heavy atom. The Bertz CT molecular complexity index is 968. The van der Waals surface area contributed by atoms with Crippen LogP contribution in [0.3, 0.4) is 0 Å². The van der Waals surface area contributed by atoms with Crippen molar-refractivity contribution in [1.29, 1.82) is 0 Å². The summed E-state index contributed by atoms with van der Waals surface area (Å²) in [6.07, 6.45) is 44.0. The van der Waals surface area contributed by atoms with Crippen molar-refractivity contribution in [2.45, 2.75) is 225 Å². The number of unbranched alkanes of at least 4 members (excludes halogenated alkanes) is 24. The number of ether oxygens (including phenoxy) is 1. The Morgan fingerprint density at radius 2 is 1.06 bits per heavy atom. The third kappa shape index (κ3) is 36.3.